The van der Waals surface area contributed by atoms with Gasteiger partial charge in [-0.1, -0.05) is 42.1 Å². The Morgan fingerprint density at radius 3 is 2.95 bits per heavy atom. The molecule has 0 fully saturated rings. The number of ether oxygens (including phenoxy) is 1. The fraction of sp³-hybridized carbons (Fsp3) is 0.308. The second-order valence-electron chi connectivity index (χ2n) is 3.96. The van der Waals surface area contributed by atoms with Gasteiger partial charge >= 0.3 is 0 Å². The van der Waals surface area contributed by atoms with Crippen LogP contribution in [0.5, 0.6) is 0 Å². The molecule has 106 valence electrons. The number of nitrogens with zero attached hydrogens (tertiary/aromatic N) is 2. The summed E-state index contributed by atoms with van der Waals surface area (Å²) in [5.74, 6) is 0.932. The molecule has 6 nitrogen and oxygen atoms in total. The van der Waals surface area contributed by atoms with E-state index >= 15 is 0 Å². The first-order valence-corrected chi connectivity index (χ1v) is 7.14. The Hall–Kier alpha value is -1.86. The van der Waals surface area contributed by atoms with E-state index in [1.807, 2.05) is 30.3 Å². The molecule has 0 bridgehead atoms. The first-order valence-electron chi connectivity index (χ1n) is 6.16. The standard InChI is InChI=1S/C13H16N4O2S/c1-19-8-7-14-11(18)9-20-13-15-12(16-17-13)10-5-3-2-4-6-10/h2-6H,7-9H2,1H3,(H,14,18)(H,15,16,17). The predicted molar refractivity (Wildman–Crippen MR) is 77.4 cm³/mol. The molecular formula is C13H16N4O2S. The van der Waals surface area contributed by atoms with Crippen molar-refractivity contribution in [1.29, 1.82) is 0 Å². The lowest BCUT2D eigenvalue weighted by Crippen LogP contribution is -2.28. The van der Waals surface area contributed by atoms with Gasteiger partial charge in [0.2, 0.25) is 11.1 Å². The number of aromatic nitrogens is 3. The third-order valence-corrected chi connectivity index (χ3v) is 3.32. The summed E-state index contributed by atoms with van der Waals surface area (Å²) in [6.45, 7) is 1.02. The van der Waals surface area contributed by atoms with Crippen molar-refractivity contribution >= 4 is 17.7 Å². The summed E-state index contributed by atoms with van der Waals surface area (Å²) in [6.07, 6.45) is 0. The molecule has 1 amide bonds. The van der Waals surface area contributed by atoms with Crippen LogP contribution in [0.3, 0.4) is 0 Å². The SMILES string of the molecule is COCCNC(=O)CSc1n[nH]c(-c2ccccc2)n1. The first-order chi connectivity index (χ1) is 9.79. The molecule has 2 aromatic rings. The molecule has 1 heterocycles. The number of aromatic amines is 1. The minimum Gasteiger partial charge on any atom is -0.383 e. The van der Waals surface area contributed by atoms with Crippen LogP contribution in [0.25, 0.3) is 11.4 Å². The van der Waals surface area contributed by atoms with E-state index in [0.717, 1.165) is 5.56 Å². The smallest absolute Gasteiger partial charge is 0.230 e. The lowest BCUT2D eigenvalue weighted by molar-refractivity contribution is -0.118. The highest BCUT2D eigenvalue weighted by atomic mass is 32.2. The second-order valence-corrected chi connectivity index (χ2v) is 4.91. The summed E-state index contributed by atoms with van der Waals surface area (Å²) in [4.78, 5) is 15.9. The Balaban J connectivity index is 1.83. The van der Waals surface area contributed by atoms with Crippen LogP contribution in [-0.4, -0.2) is 47.1 Å². The molecule has 0 atom stereocenters. The predicted octanol–water partition coefficient (Wildman–Crippen LogP) is 1.33. The maximum atomic E-state index is 11.5. The van der Waals surface area contributed by atoms with Crippen molar-refractivity contribution in [1.82, 2.24) is 20.5 Å². The van der Waals surface area contributed by atoms with Crippen LogP contribution in [0.4, 0.5) is 0 Å². The van der Waals surface area contributed by atoms with Crippen LogP contribution in [-0.2, 0) is 9.53 Å². The van der Waals surface area contributed by atoms with E-state index in [9.17, 15) is 4.79 Å². The number of nitrogens with one attached hydrogen (secondary N) is 2. The summed E-state index contributed by atoms with van der Waals surface area (Å²) in [6, 6.07) is 9.72. The molecular weight excluding hydrogens is 276 g/mol. The summed E-state index contributed by atoms with van der Waals surface area (Å²) in [5.41, 5.74) is 0.969. The molecule has 1 aromatic carbocycles. The molecule has 0 unspecified atom stereocenters. The number of hydrogen-bond donors (Lipinski definition) is 2. The molecule has 1 aromatic heterocycles. The topological polar surface area (TPSA) is 79.9 Å². The van der Waals surface area contributed by atoms with Crippen LogP contribution in [0.2, 0.25) is 0 Å². The van der Waals surface area contributed by atoms with Gasteiger partial charge in [0.25, 0.3) is 0 Å². The van der Waals surface area contributed by atoms with Crippen molar-refractivity contribution in [2.75, 3.05) is 26.0 Å². The molecule has 0 spiro atoms. The van der Waals surface area contributed by atoms with Crippen LogP contribution < -0.4 is 5.32 Å². The van der Waals surface area contributed by atoms with Crippen molar-refractivity contribution in [3.8, 4) is 11.4 Å². The fourth-order valence-electron chi connectivity index (χ4n) is 1.51. The molecule has 2 N–H and O–H groups in total. The fourth-order valence-corrected chi connectivity index (χ4v) is 2.14. The maximum Gasteiger partial charge on any atom is 0.230 e. The quantitative estimate of drug-likeness (QED) is 0.594. The Kier molecular flexibility index (Phi) is 5.57. The zero-order valence-electron chi connectivity index (χ0n) is 11.1. The van der Waals surface area contributed by atoms with Crippen LogP contribution in [0, 0.1) is 0 Å². The van der Waals surface area contributed by atoms with Crippen molar-refractivity contribution in [3.05, 3.63) is 30.3 Å². The number of rotatable bonds is 7. The molecule has 0 saturated carbocycles. The zero-order chi connectivity index (χ0) is 14.2. The summed E-state index contributed by atoms with van der Waals surface area (Å²) < 4.78 is 4.86. The Morgan fingerprint density at radius 2 is 2.20 bits per heavy atom. The van der Waals surface area contributed by atoms with E-state index in [1.165, 1.54) is 11.8 Å². The Labute approximate surface area is 121 Å². The third kappa shape index (κ3) is 4.36. The number of methoxy groups -OCH3 is 1. The van der Waals surface area contributed by atoms with E-state index in [4.69, 9.17) is 4.74 Å². The maximum absolute atomic E-state index is 11.5. The average Bonchev–Trinajstić information content (AvgIpc) is 2.95. The number of H-pyrrole nitrogens is 1. The van der Waals surface area contributed by atoms with Gasteiger partial charge in [-0.05, 0) is 0 Å². The van der Waals surface area contributed by atoms with Gasteiger partial charge in [0.05, 0.1) is 12.4 Å². The molecule has 7 heteroatoms. The summed E-state index contributed by atoms with van der Waals surface area (Å²) in [5, 5.41) is 10.3. The minimum absolute atomic E-state index is 0.0573. The highest BCUT2D eigenvalue weighted by molar-refractivity contribution is 7.99. The minimum atomic E-state index is -0.0573. The van der Waals surface area contributed by atoms with Gasteiger partial charge in [0.1, 0.15) is 0 Å². The Morgan fingerprint density at radius 1 is 1.40 bits per heavy atom. The first kappa shape index (κ1) is 14.5. The van der Waals surface area contributed by atoms with Gasteiger partial charge in [-0.25, -0.2) is 4.98 Å². The molecule has 0 radical (unpaired) electrons. The third-order valence-electron chi connectivity index (χ3n) is 2.47. The van der Waals surface area contributed by atoms with Gasteiger partial charge in [-0.3, -0.25) is 9.89 Å². The van der Waals surface area contributed by atoms with Crippen LogP contribution in [0.1, 0.15) is 0 Å². The normalized spacial score (nSPS) is 10.4. The molecule has 0 aliphatic rings. The molecule has 20 heavy (non-hydrogen) atoms. The highest BCUT2D eigenvalue weighted by Crippen LogP contribution is 2.18. The lowest BCUT2D eigenvalue weighted by Gasteiger charge is -2.02. The molecule has 0 aliphatic carbocycles. The monoisotopic (exact) mass is 292 g/mol. The van der Waals surface area contributed by atoms with Crippen molar-refractivity contribution < 1.29 is 9.53 Å². The van der Waals surface area contributed by atoms with E-state index in [0.29, 0.717) is 24.1 Å². The Bertz CT molecular complexity index is 544. The highest BCUT2D eigenvalue weighted by Gasteiger charge is 2.08. The lowest BCUT2D eigenvalue weighted by atomic mass is 10.2. The van der Waals surface area contributed by atoms with Crippen LogP contribution in [0.15, 0.2) is 35.5 Å². The van der Waals surface area contributed by atoms with E-state index in [-0.39, 0.29) is 11.7 Å². The van der Waals surface area contributed by atoms with E-state index in [2.05, 4.69) is 20.5 Å². The number of benzene rings is 1. The molecule has 0 saturated heterocycles. The number of carbonyl (C=O) groups excluding carboxylic acids is 1. The van der Waals surface area contributed by atoms with Crippen molar-refractivity contribution in [2.24, 2.45) is 0 Å². The van der Waals surface area contributed by atoms with Gasteiger partial charge in [0, 0.05) is 19.2 Å². The number of thioether (sulfide) groups is 1. The van der Waals surface area contributed by atoms with Crippen molar-refractivity contribution in [2.45, 2.75) is 5.16 Å². The van der Waals surface area contributed by atoms with Crippen LogP contribution >= 0.6 is 11.8 Å². The number of hydrogen-bond acceptors (Lipinski definition) is 5. The molecule has 2 rings (SSSR count). The summed E-state index contributed by atoms with van der Waals surface area (Å²) >= 11 is 1.30. The number of carbonyl (C=O) groups is 1. The largest absolute Gasteiger partial charge is 0.383 e. The second kappa shape index (κ2) is 7.66. The summed E-state index contributed by atoms with van der Waals surface area (Å²) in [7, 11) is 1.60. The molecule has 0 aliphatic heterocycles. The van der Waals surface area contributed by atoms with E-state index < -0.39 is 0 Å². The average molecular weight is 292 g/mol. The van der Waals surface area contributed by atoms with Gasteiger partial charge in [0.15, 0.2) is 5.82 Å². The van der Waals surface area contributed by atoms with Crippen molar-refractivity contribution in [3.63, 3.8) is 0 Å². The van der Waals surface area contributed by atoms with Gasteiger partial charge in [-0.2, -0.15) is 0 Å². The zero-order valence-corrected chi connectivity index (χ0v) is 11.9. The van der Waals surface area contributed by atoms with Gasteiger partial charge in [-0.15, -0.1) is 5.10 Å². The van der Waals surface area contributed by atoms with Gasteiger partial charge < -0.3 is 10.1 Å². The number of amides is 1. The van der Waals surface area contributed by atoms with E-state index in [1.54, 1.807) is 7.11 Å².